The molecular formula is C26H28N2O6. The minimum absolute atomic E-state index is 0.0363. The van der Waals surface area contributed by atoms with Gasteiger partial charge in [0, 0.05) is 31.5 Å². The van der Waals surface area contributed by atoms with Gasteiger partial charge in [-0.15, -0.1) is 6.58 Å². The summed E-state index contributed by atoms with van der Waals surface area (Å²) in [5.41, 5.74) is 4.57. The summed E-state index contributed by atoms with van der Waals surface area (Å²) in [5.74, 6) is -1.83. The number of carboxylic acids is 1. The Morgan fingerprint density at radius 2 is 1.76 bits per heavy atom. The van der Waals surface area contributed by atoms with Gasteiger partial charge in [-0.3, -0.25) is 9.59 Å². The number of fused-ring (bicyclic) bond motifs is 3. The van der Waals surface area contributed by atoms with Crippen LogP contribution in [0.2, 0.25) is 0 Å². The number of carbonyl (C=O) groups is 3. The highest BCUT2D eigenvalue weighted by molar-refractivity contribution is 5.85. The van der Waals surface area contributed by atoms with Crippen molar-refractivity contribution in [1.29, 1.82) is 0 Å². The molecule has 178 valence electrons. The number of hydrogen-bond acceptors (Lipinski definition) is 5. The first-order valence-corrected chi connectivity index (χ1v) is 11.3. The summed E-state index contributed by atoms with van der Waals surface area (Å²) in [5, 5.41) is 11.8. The maximum atomic E-state index is 12.8. The van der Waals surface area contributed by atoms with Crippen LogP contribution in [-0.4, -0.2) is 66.9 Å². The molecule has 8 nitrogen and oxygen atoms in total. The summed E-state index contributed by atoms with van der Waals surface area (Å²) in [6.07, 6.45) is 0.677. The Labute approximate surface area is 198 Å². The molecule has 4 rings (SSSR count). The number of hydrogen-bond donors (Lipinski definition) is 2. The molecule has 2 N–H and O–H groups in total. The smallest absolute Gasteiger partial charge is 0.407 e. The topological polar surface area (TPSA) is 105 Å². The number of amides is 2. The molecule has 0 aromatic heterocycles. The van der Waals surface area contributed by atoms with Gasteiger partial charge in [-0.05, 0) is 28.7 Å². The minimum Gasteiger partial charge on any atom is -0.480 e. The summed E-state index contributed by atoms with van der Waals surface area (Å²) in [7, 11) is 0. The molecule has 0 spiro atoms. The van der Waals surface area contributed by atoms with Crippen molar-refractivity contribution in [2.24, 2.45) is 5.92 Å². The van der Waals surface area contributed by atoms with Gasteiger partial charge in [0.2, 0.25) is 0 Å². The number of benzene rings is 2. The molecule has 2 aromatic rings. The maximum Gasteiger partial charge on any atom is 0.407 e. The van der Waals surface area contributed by atoms with E-state index in [1.807, 2.05) is 24.3 Å². The van der Waals surface area contributed by atoms with Crippen molar-refractivity contribution >= 4 is 18.0 Å². The van der Waals surface area contributed by atoms with Crippen LogP contribution in [0.4, 0.5) is 4.79 Å². The van der Waals surface area contributed by atoms with E-state index in [0.717, 1.165) is 22.3 Å². The Morgan fingerprint density at radius 3 is 2.38 bits per heavy atom. The Bertz CT molecular complexity index is 1040. The predicted molar refractivity (Wildman–Crippen MR) is 125 cm³/mol. The molecule has 1 aliphatic heterocycles. The molecule has 0 bridgehead atoms. The molecule has 2 aliphatic rings. The minimum atomic E-state index is -1.11. The van der Waals surface area contributed by atoms with Gasteiger partial charge in [-0.25, -0.2) is 4.79 Å². The molecule has 8 heteroatoms. The second-order valence-electron chi connectivity index (χ2n) is 8.45. The van der Waals surface area contributed by atoms with Crippen molar-refractivity contribution in [3.05, 3.63) is 72.3 Å². The Morgan fingerprint density at radius 1 is 1.12 bits per heavy atom. The normalized spacial score (nSPS) is 18.6. The summed E-state index contributed by atoms with van der Waals surface area (Å²) < 4.78 is 11.1. The average molecular weight is 465 g/mol. The molecule has 1 heterocycles. The van der Waals surface area contributed by atoms with E-state index in [-0.39, 0.29) is 31.5 Å². The largest absolute Gasteiger partial charge is 0.480 e. The van der Waals surface area contributed by atoms with Crippen LogP contribution in [0, 0.1) is 5.92 Å². The first-order chi connectivity index (χ1) is 16.5. The predicted octanol–water partition coefficient (Wildman–Crippen LogP) is 3.03. The molecule has 1 saturated heterocycles. The van der Waals surface area contributed by atoms with Gasteiger partial charge in [0.05, 0.1) is 0 Å². The lowest BCUT2D eigenvalue weighted by molar-refractivity contribution is -0.149. The molecule has 2 unspecified atom stereocenters. The van der Waals surface area contributed by atoms with Gasteiger partial charge in [-0.2, -0.15) is 0 Å². The van der Waals surface area contributed by atoms with Crippen LogP contribution in [0.3, 0.4) is 0 Å². The molecule has 1 aliphatic carbocycles. The van der Waals surface area contributed by atoms with Gasteiger partial charge >= 0.3 is 12.1 Å². The van der Waals surface area contributed by atoms with Gasteiger partial charge in [0.1, 0.15) is 19.3 Å². The first-order valence-electron chi connectivity index (χ1n) is 11.3. The van der Waals surface area contributed by atoms with E-state index in [4.69, 9.17) is 14.6 Å². The third-order valence-electron chi connectivity index (χ3n) is 6.30. The van der Waals surface area contributed by atoms with Gasteiger partial charge < -0.3 is 24.8 Å². The lowest BCUT2D eigenvalue weighted by atomic mass is 9.98. The number of carbonyl (C=O) groups excluding carboxylic acids is 2. The molecule has 2 aromatic carbocycles. The van der Waals surface area contributed by atoms with Crippen molar-refractivity contribution in [3.8, 4) is 11.1 Å². The van der Waals surface area contributed by atoms with E-state index in [0.29, 0.717) is 13.0 Å². The van der Waals surface area contributed by atoms with E-state index >= 15 is 0 Å². The standard InChI is InChI=1S/C26H28N2O6/c1-2-12-28(15-23(29)30)25(31)24-17(11-13-33-24)14-27-26(32)34-16-22-20-9-5-3-7-18(20)19-8-4-6-10-21(19)22/h2-10,17,22,24H,1,11-16H2,(H,27,32)(H,29,30). The van der Waals surface area contributed by atoms with Crippen LogP contribution in [-0.2, 0) is 19.1 Å². The SMILES string of the molecule is C=CCN(CC(=O)O)C(=O)C1OCCC1CNC(=O)OCC1c2ccccc2-c2ccccc21. The second-order valence-corrected chi connectivity index (χ2v) is 8.45. The molecule has 34 heavy (non-hydrogen) atoms. The second kappa shape index (κ2) is 10.5. The number of ether oxygens (including phenoxy) is 2. The highest BCUT2D eigenvalue weighted by Crippen LogP contribution is 2.44. The maximum absolute atomic E-state index is 12.8. The third kappa shape index (κ3) is 4.97. The van der Waals surface area contributed by atoms with Crippen molar-refractivity contribution in [3.63, 3.8) is 0 Å². The van der Waals surface area contributed by atoms with Crippen LogP contribution in [0.5, 0.6) is 0 Å². The summed E-state index contributed by atoms with van der Waals surface area (Å²) in [6.45, 7) is 4.01. The van der Waals surface area contributed by atoms with Crippen molar-refractivity contribution in [2.75, 3.05) is 32.8 Å². The molecule has 2 amide bonds. The number of rotatable bonds is 9. The number of carboxylic acid groups (broad SMARTS) is 1. The Hall–Kier alpha value is -3.65. The Balaban J connectivity index is 1.33. The monoisotopic (exact) mass is 464 g/mol. The zero-order valence-electron chi connectivity index (χ0n) is 18.8. The molecule has 1 fully saturated rings. The van der Waals surface area contributed by atoms with Gasteiger partial charge in [0.25, 0.3) is 5.91 Å². The zero-order valence-corrected chi connectivity index (χ0v) is 18.8. The average Bonchev–Trinajstić information content (AvgIpc) is 3.43. The van der Waals surface area contributed by atoms with Crippen LogP contribution in [0.1, 0.15) is 23.5 Å². The number of nitrogens with one attached hydrogen (secondary N) is 1. The van der Waals surface area contributed by atoms with Crippen LogP contribution in [0.25, 0.3) is 11.1 Å². The Kier molecular flexibility index (Phi) is 7.27. The lowest BCUT2D eigenvalue weighted by Gasteiger charge is -2.25. The number of aliphatic carboxylic acids is 1. The lowest BCUT2D eigenvalue weighted by Crippen LogP contribution is -2.46. The highest BCUT2D eigenvalue weighted by Gasteiger charge is 2.37. The molecule has 0 radical (unpaired) electrons. The van der Waals surface area contributed by atoms with Crippen LogP contribution in [0.15, 0.2) is 61.2 Å². The highest BCUT2D eigenvalue weighted by atomic mass is 16.5. The summed E-state index contributed by atoms with van der Waals surface area (Å²) in [4.78, 5) is 37.6. The third-order valence-corrected chi connectivity index (χ3v) is 6.30. The number of alkyl carbamates (subject to hydrolysis) is 1. The fraction of sp³-hybridized carbons (Fsp3) is 0.346. The fourth-order valence-corrected chi connectivity index (χ4v) is 4.71. The van der Waals surface area contributed by atoms with Crippen molar-refractivity contribution in [1.82, 2.24) is 10.2 Å². The zero-order chi connectivity index (χ0) is 24.1. The van der Waals surface area contributed by atoms with E-state index in [1.165, 1.54) is 11.0 Å². The van der Waals surface area contributed by atoms with E-state index in [1.54, 1.807) is 0 Å². The van der Waals surface area contributed by atoms with Gasteiger partial charge in [0.15, 0.2) is 0 Å². The van der Waals surface area contributed by atoms with Crippen molar-refractivity contribution in [2.45, 2.75) is 18.4 Å². The van der Waals surface area contributed by atoms with E-state index < -0.39 is 30.6 Å². The quantitative estimate of drug-likeness (QED) is 0.553. The number of nitrogens with zero attached hydrogens (tertiary/aromatic N) is 1. The first kappa shape index (κ1) is 23.5. The van der Waals surface area contributed by atoms with Crippen LogP contribution < -0.4 is 5.32 Å². The van der Waals surface area contributed by atoms with E-state index in [2.05, 4.69) is 36.2 Å². The molecular weight excluding hydrogens is 436 g/mol. The van der Waals surface area contributed by atoms with Crippen LogP contribution >= 0.6 is 0 Å². The summed E-state index contributed by atoms with van der Waals surface area (Å²) >= 11 is 0. The van der Waals surface area contributed by atoms with E-state index in [9.17, 15) is 14.4 Å². The van der Waals surface area contributed by atoms with Crippen molar-refractivity contribution < 1.29 is 29.0 Å². The molecule has 2 atom stereocenters. The summed E-state index contributed by atoms with van der Waals surface area (Å²) in [6, 6.07) is 16.2. The molecule has 0 saturated carbocycles. The van der Waals surface area contributed by atoms with Gasteiger partial charge in [-0.1, -0.05) is 54.6 Å². The fourth-order valence-electron chi connectivity index (χ4n) is 4.71.